The van der Waals surface area contributed by atoms with Crippen LogP contribution in [0.15, 0.2) is 6.07 Å². The molecule has 1 saturated heterocycles. The lowest BCUT2D eigenvalue weighted by atomic mass is 10.0. The zero-order chi connectivity index (χ0) is 16.1. The summed E-state index contributed by atoms with van der Waals surface area (Å²) < 4.78 is 0. The summed E-state index contributed by atoms with van der Waals surface area (Å²) in [5.74, 6) is 2.44. The molecule has 0 saturated carbocycles. The van der Waals surface area contributed by atoms with Crippen LogP contribution in [0.1, 0.15) is 32.3 Å². The van der Waals surface area contributed by atoms with Crippen LogP contribution in [0.5, 0.6) is 0 Å². The smallest absolute Gasteiger partial charge is 0.129 e. The maximum absolute atomic E-state index is 4.52. The first-order valence-corrected chi connectivity index (χ1v) is 8.50. The van der Waals surface area contributed by atoms with Crippen molar-refractivity contribution in [1.82, 2.24) is 19.8 Å². The molecule has 1 atom stereocenters. The van der Waals surface area contributed by atoms with Crippen molar-refractivity contribution in [3.63, 3.8) is 0 Å². The molecule has 0 aromatic carbocycles. The topological polar surface area (TPSA) is 44.3 Å². The van der Waals surface area contributed by atoms with Gasteiger partial charge < -0.3 is 10.2 Å². The highest BCUT2D eigenvalue weighted by atomic mass is 15.3. The molecule has 0 radical (unpaired) electrons. The SMILES string of the molecule is CCc1cc(NCC(C(C)C)N2CCN(C)CC2)nc(C)n1. The first kappa shape index (κ1) is 17.2. The van der Waals surface area contributed by atoms with Crippen LogP contribution in [0.3, 0.4) is 0 Å². The third-order valence-electron chi connectivity index (χ3n) is 4.52. The van der Waals surface area contributed by atoms with Crippen LogP contribution in [-0.2, 0) is 6.42 Å². The Morgan fingerprint density at radius 2 is 1.86 bits per heavy atom. The van der Waals surface area contributed by atoms with Crippen LogP contribution >= 0.6 is 0 Å². The van der Waals surface area contributed by atoms with Crippen molar-refractivity contribution in [1.29, 1.82) is 0 Å². The molecule has 5 nitrogen and oxygen atoms in total. The molecule has 0 aliphatic carbocycles. The van der Waals surface area contributed by atoms with Crippen molar-refractivity contribution in [3.8, 4) is 0 Å². The maximum atomic E-state index is 4.52. The molecule has 1 N–H and O–H groups in total. The molecule has 0 bridgehead atoms. The Labute approximate surface area is 135 Å². The average Bonchev–Trinajstić information content (AvgIpc) is 2.48. The van der Waals surface area contributed by atoms with Gasteiger partial charge in [-0.1, -0.05) is 20.8 Å². The average molecular weight is 305 g/mol. The Bertz CT molecular complexity index is 466. The molecule has 124 valence electrons. The van der Waals surface area contributed by atoms with Gasteiger partial charge in [-0.3, -0.25) is 4.90 Å². The fraction of sp³-hybridized carbons (Fsp3) is 0.765. The van der Waals surface area contributed by atoms with Gasteiger partial charge in [0.25, 0.3) is 0 Å². The van der Waals surface area contributed by atoms with Crippen LogP contribution in [0.4, 0.5) is 5.82 Å². The maximum Gasteiger partial charge on any atom is 0.129 e. The van der Waals surface area contributed by atoms with E-state index < -0.39 is 0 Å². The Balaban J connectivity index is 1.98. The van der Waals surface area contributed by atoms with Crippen molar-refractivity contribution in [2.75, 3.05) is 45.1 Å². The van der Waals surface area contributed by atoms with Crippen LogP contribution in [0.25, 0.3) is 0 Å². The van der Waals surface area contributed by atoms with Gasteiger partial charge in [0, 0.05) is 50.5 Å². The number of hydrogen-bond donors (Lipinski definition) is 1. The minimum atomic E-state index is 0.550. The van der Waals surface area contributed by atoms with Crippen molar-refractivity contribution in [2.24, 2.45) is 5.92 Å². The molecule has 1 fully saturated rings. The van der Waals surface area contributed by atoms with Crippen LogP contribution < -0.4 is 5.32 Å². The highest BCUT2D eigenvalue weighted by Crippen LogP contribution is 2.15. The van der Waals surface area contributed by atoms with E-state index in [1.165, 1.54) is 0 Å². The number of anilines is 1. The molecule has 0 spiro atoms. The number of aromatic nitrogens is 2. The standard InChI is InChI=1S/C17H31N5/c1-6-15-11-17(20-14(4)19-15)18-12-16(13(2)3)22-9-7-21(5)8-10-22/h11,13,16H,6-10,12H2,1-5H3,(H,18,19,20). The Morgan fingerprint density at radius 1 is 1.18 bits per heavy atom. The fourth-order valence-corrected chi connectivity index (χ4v) is 3.05. The van der Waals surface area contributed by atoms with Gasteiger partial charge in [0.2, 0.25) is 0 Å². The molecule has 1 aliphatic heterocycles. The summed E-state index contributed by atoms with van der Waals surface area (Å²) in [5.41, 5.74) is 1.11. The number of nitrogens with zero attached hydrogens (tertiary/aromatic N) is 4. The second-order valence-corrected chi connectivity index (χ2v) is 6.68. The van der Waals surface area contributed by atoms with Crippen molar-refractivity contribution in [2.45, 2.75) is 40.2 Å². The van der Waals surface area contributed by atoms with E-state index in [-0.39, 0.29) is 0 Å². The van der Waals surface area contributed by atoms with Gasteiger partial charge in [0.15, 0.2) is 0 Å². The van der Waals surface area contributed by atoms with E-state index in [2.05, 4.69) is 59.0 Å². The molecule has 2 rings (SSSR count). The Morgan fingerprint density at radius 3 is 2.45 bits per heavy atom. The highest BCUT2D eigenvalue weighted by Gasteiger charge is 2.24. The second kappa shape index (κ2) is 7.88. The molecule has 5 heteroatoms. The zero-order valence-electron chi connectivity index (χ0n) is 14.8. The third-order valence-corrected chi connectivity index (χ3v) is 4.52. The minimum absolute atomic E-state index is 0.550. The summed E-state index contributed by atoms with van der Waals surface area (Å²) >= 11 is 0. The second-order valence-electron chi connectivity index (χ2n) is 6.68. The minimum Gasteiger partial charge on any atom is -0.368 e. The van der Waals surface area contributed by atoms with Crippen LogP contribution in [0.2, 0.25) is 0 Å². The van der Waals surface area contributed by atoms with E-state index in [1.54, 1.807) is 0 Å². The van der Waals surface area contributed by atoms with E-state index in [1.807, 2.05) is 6.92 Å². The van der Waals surface area contributed by atoms with E-state index in [0.29, 0.717) is 12.0 Å². The molecule has 1 unspecified atom stereocenters. The van der Waals surface area contributed by atoms with Crippen LogP contribution in [0, 0.1) is 12.8 Å². The lowest BCUT2D eigenvalue weighted by molar-refractivity contribution is 0.0944. The van der Waals surface area contributed by atoms with Gasteiger partial charge in [-0.2, -0.15) is 0 Å². The molecule has 1 aromatic heterocycles. The van der Waals surface area contributed by atoms with E-state index in [9.17, 15) is 0 Å². The molecular weight excluding hydrogens is 274 g/mol. The van der Waals surface area contributed by atoms with Gasteiger partial charge in [-0.05, 0) is 26.3 Å². The Kier molecular flexibility index (Phi) is 6.15. The molecule has 22 heavy (non-hydrogen) atoms. The molecule has 0 amide bonds. The molecular formula is C17H31N5. The number of piperazine rings is 1. The highest BCUT2D eigenvalue weighted by molar-refractivity contribution is 5.36. The first-order chi connectivity index (χ1) is 10.5. The van der Waals surface area contributed by atoms with Gasteiger partial charge in [0.05, 0.1) is 0 Å². The van der Waals surface area contributed by atoms with Crippen molar-refractivity contribution >= 4 is 5.82 Å². The number of nitrogens with one attached hydrogen (secondary N) is 1. The number of likely N-dealkylation sites (N-methyl/N-ethyl adjacent to an activating group) is 1. The summed E-state index contributed by atoms with van der Waals surface area (Å²) in [6.07, 6.45) is 0.949. The van der Waals surface area contributed by atoms with Crippen LogP contribution in [-0.4, -0.2) is 65.6 Å². The van der Waals surface area contributed by atoms with Gasteiger partial charge >= 0.3 is 0 Å². The largest absolute Gasteiger partial charge is 0.368 e. The quantitative estimate of drug-likeness (QED) is 0.871. The molecule has 1 aliphatic rings. The van der Waals surface area contributed by atoms with Gasteiger partial charge in [-0.25, -0.2) is 9.97 Å². The summed E-state index contributed by atoms with van der Waals surface area (Å²) in [6, 6.07) is 2.63. The normalized spacial score (nSPS) is 18.6. The zero-order valence-corrected chi connectivity index (χ0v) is 14.8. The predicted octanol–water partition coefficient (Wildman–Crippen LogP) is 2.03. The fourth-order valence-electron chi connectivity index (χ4n) is 3.05. The summed E-state index contributed by atoms with van der Waals surface area (Å²) in [7, 11) is 2.20. The van der Waals surface area contributed by atoms with E-state index in [0.717, 1.165) is 56.5 Å². The van der Waals surface area contributed by atoms with E-state index >= 15 is 0 Å². The first-order valence-electron chi connectivity index (χ1n) is 8.50. The number of aryl methyl sites for hydroxylation is 2. The van der Waals surface area contributed by atoms with E-state index in [4.69, 9.17) is 0 Å². The van der Waals surface area contributed by atoms with Gasteiger partial charge in [-0.15, -0.1) is 0 Å². The summed E-state index contributed by atoms with van der Waals surface area (Å²) in [6.45, 7) is 14.3. The van der Waals surface area contributed by atoms with Gasteiger partial charge in [0.1, 0.15) is 11.6 Å². The summed E-state index contributed by atoms with van der Waals surface area (Å²) in [4.78, 5) is 14.0. The lowest BCUT2D eigenvalue weighted by Gasteiger charge is -2.40. The lowest BCUT2D eigenvalue weighted by Crippen LogP contribution is -2.52. The molecule has 1 aromatic rings. The Hall–Kier alpha value is -1.20. The number of rotatable bonds is 6. The molecule has 2 heterocycles. The summed E-state index contributed by atoms with van der Waals surface area (Å²) in [5, 5.41) is 3.54. The number of hydrogen-bond acceptors (Lipinski definition) is 5. The van der Waals surface area contributed by atoms with Crippen molar-refractivity contribution in [3.05, 3.63) is 17.6 Å². The van der Waals surface area contributed by atoms with Crippen molar-refractivity contribution < 1.29 is 0 Å². The monoisotopic (exact) mass is 305 g/mol. The third kappa shape index (κ3) is 4.65. The predicted molar refractivity (Wildman–Crippen MR) is 92.3 cm³/mol.